The molecule has 6 nitrogen and oxygen atoms in total. The number of nitrogens with one attached hydrogen (secondary N) is 1. The molecule has 1 aromatic rings. The van der Waals surface area contributed by atoms with E-state index in [2.05, 4.69) is 14.6 Å². The van der Waals surface area contributed by atoms with Crippen LogP contribution < -0.4 is 9.62 Å². The lowest BCUT2D eigenvalue weighted by Gasteiger charge is -2.35. The molecule has 0 amide bonds. The zero-order chi connectivity index (χ0) is 18.1. The van der Waals surface area contributed by atoms with Gasteiger partial charge in [-0.15, -0.1) is 0 Å². The van der Waals surface area contributed by atoms with Crippen molar-refractivity contribution >= 4 is 15.8 Å². The molecule has 0 spiro atoms. The van der Waals surface area contributed by atoms with E-state index >= 15 is 0 Å². The van der Waals surface area contributed by atoms with Gasteiger partial charge < -0.3 is 4.90 Å². The molecular formula is C19H30N4O2S. The Hall–Kier alpha value is -1.21. The third-order valence-corrected chi connectivity index (χ3v) is 8.00. The number of aryl methyl sites for hydroxylation is 2. The normalized spacial score (nSPS) is 24.7. The summed E-state index contributed by atoms with van der Waals surface area (Å²) in [5.74, 6) is 1.79. The number of nitrogens with zero attached hydrogens (tertiary/aromatic N) is 3. The van der Waals surface area contributed by atoms with Crippen molar-refractivity contribution in [3.8, 4) is 0 Å². The molecule has 2 heterocycles. The Labute approximate surface area is 156 Å². The van der Waals surface area contributed by atoms with Crippen LogP contribution in [0.25, 0.3) is 0 Å². The minimum Gasteiger partial charge on any atom is -0.355 e. The first-order valence-electron chi connectivity index (χ1n) is 10.2. The number of sulfonamides is 1. The van der Waals surface area contributed by atoms with Crippen molar-refractivity contribution in [2.75, 3.05) is 18.0 Å². The summed E-state index contributed by atoms with van der Waals surface area (Å²) in [6, 6.07) is 0.143. The molecular weight excluding hydrogens is 348 g/mol. The predicted molar refractivity (Wildman–Crippen MR) is 103 cm³/mol. The third-order valence-electron chi connectivity index (χ3n) is 6.08. The van der Waals surface area contributed by atoms with Crippen molar-refractivity contribution < 1.29 is 8.42 Å². The molecule has 3 aliphatic rings. The van der Waals surface area contributed by atoms with Gasteiger partial charge in [0.25, 0.3) is 0 Å². The van der Waals surface area contributed by atoms with Crippen LogP contribution in [0.4, 0.5) is 5.82 Å². The van der Waals surface area contributed by atoms with Gasteiger partial charge in [-0.3, -0.25) is 0 Å². The Morgan fingerprint density at radius 2 is 1.77 bits per heavy atom. The topological polar surface area (TPSA) is 75.2 Å². The van der Waals surface area contributed by atoms with Crippen molar-refractivity contribution in [2.24, 2.45) is 0 Å². The van der Waals surface area contributed by atoms with E-state index in [0.29, 0.717) is 6.54 Å². The molecule has 1 saturated heterocycles. The van der Waals surface area contributed by atoms with Crippen LogP contribution in [0.1, 0.15) is 68.4 Å². The highest BCUT2D eigenvalue weighted by atomic mass is 32.2. The highest BCUT2D eigenvalue weighted by Gasteiger charge is 2.34. The van der Waals surface area contributed by atoms with E-state index in [4.69, 9.17) is 4.98 Å². The first-order chi connectivity index (χ1) is 12.5. The fraction of sp³-hybridized carbons (Fsp3) is 0.789. The summed E-state index contributed by atoms with van der Waals surface area (Å²) in [7, 11) is -3.27. The monoisotopic (exact) mass is 378 g/mol. The molecule has 1 N–H and O–H groups in total. The Kier molecular flexibility index (Phi) is 5.19. The predicted octanol–water partition coefficient (Wildman–Crippen LogP) is 2.49. The van der Waals surface area contributed by atoms with Crippen molar-refractivity contribution in [3.63, 3.8) is 0 Å². The Morgan fingerprint density at radius 1 is 1.00 bits per heavy atom. The molecule has 1 atom stereocenters. The number of hydrogen-bond donors (Lipinski definition) is 1. The van der Waals surface area contributed by atoms with Crippen molar-refractivity contribution in [3.05, 3.63) is 17.1 Å². The van der Waals surface area contributed by atoms with E-state index in [0.717, 1.165) is 69.6 Å². The van der Waals surface area contributed by atoms with Gasteiger partial charge in [0.1, 0.15) is 11.6 Å². The second-order valence-corrected chi connectivity index (χ2v) is 10.1. The Morgan fingerprint density at radius 3 is 2.58 bits per heavy atom. The minimum absolute atomic E-state index is 0.143. The Bertz CT molecular complexity index is 759. The average Bonchev–Trinajstić information content (AvgIpc) is 3.13. The number of fused-ring (bicyclic) bond motifs is 1. The van der Waals surface area contributed by atoms with Crippen LogP contribution in [-0.4, -0.2) is 42.8 Å². The highest BCUT2D eigenvalue weighted by molar-refractivity contribution is 7.90. The van der Waals surface area contributed by atoms with Gasteiger partial charge in [-0.05, 0) is 58.3 Å². The van der Waals surface area contributed by atoms with Crippen LogP contribution in [0.2, 0.25) is 0 Å². The van der Waals surface area contributed by atoms with Crippen LogP contribution in [0.3, 0.4) is 0 Å². The number of piperidine rings is 1. The van der Waals surface area contributed by atoms with Crippen LogP contribution in [0.5, 0.6) is 0 Å². The highest BCUT2D eigenvalue weighted by Crippen LogP contribution is 2.31. The standard InChI is InChI=1S/C19H30N4O2S/c1-14-20-18-11-5-4-10-17(18)19(21-14)23-12-6-9-16(13-23)26(24,25)22-15-7-2-3-8-15/h15-16,22H,2-13H2,1H3. The summed E-state index contributed by atoms with van der Waals surface area (Å²) < 4.78 is 28.8. The molecule has 0 aromatic carbocycles. The lowest BCUT2D eigenvalue weighted by molar-refractivity contribution is 0.503. The van der Waals surface area contributed by atoms with Crippen molar-refractivity contribution in [1.29, 1.82) is 0 Å². The molecule has 4 rings (SSSR count). The van der Waals surface area contributed by atoms with E-state index in [1.54, 1.807) is 0 Å². The number of rotatable bonds is 4. The first-order valence-corrected chi connectivity index (χ1v) is 11.7. The molecule has 7 heteroatoms. The van der Waals surface area contributed by atoms with Gasteiger partial charge in [0.2, 0.25) is 10.0 Å². The minimum atomic E-state index is -3.27. The maximum atomic E-state index is 12.9. The van der Waals surface area contributed by atoms with Gasteiger partial charge in [0.15, 0.2) is 0 Å². The fourth-order valence-electron chi connectivity index (χ4n) is 4.71. The van der Waals surface area contributed by atoms with E-state index < -0.39 is 10.0 Å². The second kappa shape index (κ2) is 7.43. The molecule has 2 aliphatic carbocycles. The van der Waals surface area contributed by atoms with Crippen LogP contribution in [0, 0.1) is 6.92 Å². The van der Waals surface area contributed by atoms with E-state index in [-0.39, 0.29) is 11.3 Å². The molecule has 0 radical (unpaired) electrons. The van der Waals surface area contributed by atoms with Gasteiger partial charge in [-0.25, -0.2) is 23.1 Å². The summed E-state index contributed by atoms with van der Waals surface area (Å²) in [5, 5.41) is -0.341. The lowest BCUT2D eigenvalue weighted by atomic mass is 9.95. The summed E-state index contributed by atoms with van der Waals surface area (Å²) in [6.07, 6.45) is 10.3. The summed E-state index contributed by atoms with van der Waals surface area (Å²) in [6.45, 7) is 3.38. The second-order valence-electron chi connectivity index (χ2n) is 8.08. The molecule has 26 heavy (non-hydrogen) atoms. The largest absolute Gasteiger partial charge is 0.355 e. The number of hydrogen-bond acceptors (Lipinski definition) is 5. The van der Waals surface area contributed by atoms with E-state index in [1.165, 1.54) is 24.1 Å². The fourth-order valence-corrected chi connectivity index (χ4v) is 6.46. The van der Waals surface area contributed by atoms with Gasteiger partial charge >= 0.3 is 0 Å². The molecule has 1 aliphatic heterocycles. The number of aromatic nitrogens is 2. The summed E-state index contributed by atoms with van der Waals surface area (Å²) in [5.41, 5.74) is 2.43. The van der Waals surface area contributed by atoms with Gasteiger partial charge in [-0.2, -0.15) is 0 Å². The molecule has 1 unspecified atom stereocenters. The maximum Gasteiger partial charge on any atom is 0.216 e. The SMILES string of the molecule is Cc1nc2c(c(N3CCCC(S(=O)(=O)NC4CCCC4)C3)n1)CCCC2. The number of anilines is 1. The van der Waals surface area contributed by atoms with Gasteiger partial charge in [-0.1, -0.05) is 12.8 Å². The summed E-state index contributed by atoms with van der Waals surface area (Å²) in [4.78, 5) is 11.6. The van der Waals surface area contributed by atoms with Crippen LogP contribution >= 0.6 is 0 Å². The molecule has 144 valence electrons. The van der Waals surface area contributed by atoms with Gasteiger partial charge in [0.05, 0.1) is 5.25 Å². The summed E-state index contributed by atoms with van der Waals surface area (Å²) >= 11 is 0. The zero-order valence-electron chi connectivity index (χ0n) is 15.7. The van der Waals surface area contributed by atoms with E-state index in [9.17, 15) is 8.42 Å². The Balaban J connectivity index is 1.54. The van der Waals surface area contributed by atoms with Crippen molar-refractivity contribution in [2.45, 2.75) is 82.4 Å². The smallest absolute Gasteiger partial charge is 0.216 e. The third kappa shape index (κ3) is 3.74. The quantitative estimate of drug-likeness (QED) is 0.871. The lowest BCUT2D eigenvalue weighted by Crippen LogP contribution is -2.49. The van der Waals surface area contributed by atoms with E-state index in [1.807, 2.05) is 6.92 Å². The molecule has 1 aromatic heterocycles. The molecule has 0 bridgehead atoms. The molecule has 1 saturated carbocycles. The maximum absolute atomic E-state index is 12.9. The molecule has 2 fully saturated rings. The average molecular weight is 379 g/mol. The van der Waals surface area contributed by atoms with Crippen LogP contribution in [0.15, 0.2) is 0 Å². The first kappa shape index (κ1) is 18.2. The van der Waals surface area contributed by atoms with Gasteiger partial charge in [0, 0.05) is 30.4 Å². The van der Waals surface area contributed by atoms with Crippen LogP contribution in [-0.2, 0) is 22.9 Å². The van der Waals surface area contributed by atoms with Crippen molar-refractivity contribution in [1.82, 2.24) is 14.7 Å². The zero-order valence-corrected chi connectivity index (χ0v) is 16.5.